The second-order valence-electron chi connectivity index (χ2n) is 7.16. The van der Waals surface area contributed by atoms with Crippen molar-refractivity contribution in [2.24, 2.45) is 0 Å². The highest BCUT2D eigenvalue weighted by molar-refractivity contribution is 7.16. The number of thiophene rings is 1. The predicted molar refractivity (Wildman–Crippen MR) is 113 cm³/mol. The Balaban J connectivity index is 1.83. The van der Waals surface area contributed by atoms with E-state index in [1.54, 1.807) is 43.4 Å². The Morgan fingerprint density at radius 3 is 2.86 bits per heavy atom. The minimum absolute atomic E-state index is 0.211. The van der Waals surface area contributed by atoms with Gasteiger partial charge in [0.2, 0.25) is 5.91 Å². The van der Waals surface area contributed by atoms with Crippen LogP contribution < -0.4 is 15.0 Å². The second kappa shape index (κ2) is 7.53. The average molecular weight is 413 g/mol. The van der Waals surface area contributed by atoms with Gasteiger partial charge < -0.3 is 19.4 Å². The minimum atomic E-state index is -1.11. The van der Waals surface area contributed by atoms with Crippen LogP contribution in [0.5, 0.6) is 5.75 Å². The van der Waals surface area contributed by atoms with Crippen LogP contribution in [0.15, 0.2) is 41.8 Å². The Labute approximate surface area is 172 Å². The molecule has 0 aliphatic carbocycles. The highest BCUT2D eigenvalue weighted by Gasteiger charge is 2.48. The van der Waals surface area contributed by atoms with Crippen LogP contribution in [0.2, 0.25) is 0 Å². The van der Waals surface area contributed by atoms with E-state index in [9.17, 15) is 9.59 Å². The lowest BCUT2D eigenvalue weighted by atomic mass is 9.93. The third-order valence-electron chi connectivity index (χ3n) is 5.28. The Bertz CT molecular complexity index is 1070. The summed E-state index contributed by atoms with van der Waals surface area (Å²) in [5.74, 6) is 0.187. The van der Waals surface area contributed by atoms with Crippen LogP contribution in [0.1, 0.15) is 17.4 Å². The molecule has 8 heteroatoms. The quantitative estimate of drug-likeness (QED) is 0.631. The number of carbonyl (C=O) groups excluding carboxylic acids is 2. The number of nitrogens with zero attached hydrogens (tertiary/aromatic N) is 2. The summed E-state index contributed by atoms with van der Waals surface area (Å²) in [6.07, 6.45) is 0. The van der Waals surface area contributed by atoms with Gasteiger partial charge in [-0.3, -0.25) is 14.5 Å². The van der Waals surface area contributed by atoms with Gasteiger partial charge in [0.25, 0.3) is 5.91 Å². The number of anilines is 1. The number of benzene rings is 1. The van der Waals surface area contributed by atoms with Crippen LogP contribution >= 0.6 is 11.3 Å². The summed E-state index contributed by atoms with van der Waals surface area (Å²) in [6, 6.07) is 11.1. The van der Waals surface area contributed by atoms with Crippen molar-refractivity contribution in [2.45, 2.75) is 19.0 Å². The number of rotatable bonds is 6. The minimum Gasteiger partial charge on any atom is -0.497 e. The molecule has 1 aliphatic rings. The standard InChI is InChI=1S/C21H23N3O4S/c1-21(20(26)22-8-9-27-2)13-23-17(11-14-7-10-29-19(14)23)18(25)24(21)15-5-4-6-16(12-15)28-3/h4-7,10-12H,8-9,13H2,1-3H3,(H,22,26). The van der Waals surface area contributed by atoms with E-state index < -0.39 is 5.54 Å². The first-order valence-corrected chi connectivity index (χ1v) is 10.2. The molecule has 7 nitrogen and oxygen atoms in total. The molecule has 0 saturated heterocycles. The lowest BCUT2D eigenvalue weighted by Gasteiger charge is -2.44. The normalized spacial score (nSPS) is 18.7. The number of carbonyl (C=O) groups is 2. The summed E-state index contributed by atoms with van der Waals surface area (Å²) >= 11 is 1.57. The van der Waals surface area contributed by atoms with Crippen LogP contribution in [-0.4, -0.2) is 49.3 Å². The fourth-order valence-electron chi connectivity index (χ4n) is 3.81. The molecule has 1 aromatic carbocycles. The zero-order chi connectivity index (χ0) is 20.6. The molecule has 1 unspecified atom stereocenters. The van der Waals surface area contributed by atoms with Crippen molar-refractivity contribution < 1.29 is 19.1 Å². The summed E-state index contributed by atoms with van der Waals surface area (Å²) in [5.41, 5.74) is 0.0894. The van der Waals surface area contributed by atoms with Crippen molar-refractivity contribution in [1.82, 2.24) is 9.88 Å². The number of ether oxygens (including phenoxy) is 2. The molecule has 0 radical (unpaired) electrons. The first-order chi connectivity index (χ1) is 14.0. The number of hydrogen-bond acceptors (Lipinski definition) is 5. The van der Waals surface area contributed by atoms with E-state index in [1.807, 2.05) is 40.3 Å². The van der Waals surface area contributed by atoms with Gasteiger partial charge in [-0.05, 0) is 36.6 Å². The van der Waals surface area contributed by atoms with Crippen molar-refractivity contribution in [3.05, 3.63) is 47.5 Å². The first kappa shape index (κ1) is 19.5. The van der Waals surface area contributed by atoms with Gasteiger partial charge in [-0.1, -0.05) is 6.07 Å². The number of aromatic nitrogens is 1. The Kier molecular flexibility index (Phi) is 5.06. The third kappa shape index (κ3) is 3.18. The van der Waals surface area contributed by atoms with Crippen LogP contribution in [0.4, 0.5) is 5.69 Å². The zero-order valence-corrected chi connectivity index (χ0v) is 17.4. The fourth-order valence-corrected chi connectivity index (χ4v) is 4.71. The average Bonchev–Trinajstić information content (AvgIpc) is 3.31. The van der Waals surface area contributed by atoms with Crippen molar-refractivity contribution in [3.63, 3.8) is 0 Å². The van der Waals surface area contributed by atoms with Crippen molar-refractivity contribution >= 4 is 39.1 Å². The highest BCUT2D eigenvalue weighted by Crippen LogP contribution is 2.38. The third-order valence-corrected chi connectivity index (χ3v) is 6.23. The largest absolute Gasteiger partial charge is 0.497 e. The summed E-state index contributed by atoms with van der Waals surface area (Å²) in [4.78, 5) is 29.5. The van der Waals surface area contributed by atoms with E-state index in [-0.39, 0.29) is 11.8 Å². The van der Waals surface area contributed by atoms with Gasteiger partial charge in [-0.2, -0.15) is 0 Å². The Morgan fingerprint density at radius 1 is 1.28 bits per heavy atom. The molecule has 3 aromatic rings. The maximum Gasteiger partial charge on any atom is 0.275 e. The highest BCUT2D eigenvalue weighted by atomic mass is 32.1. The van der Waals surface area contributed by atoms with E-state index in [1.165, 1.54) is 0 Å². The molecule has 1 aliphatic heterocycles. The summed E-state index contributed by atoms with van der Waals surface area (Å²) < 4.78 is 12.3. The number of methoxy groups -OCH3 is 2. The molecule has 2 amide bonds. The summed E-state index contributed by atoms with van der Waals surface area (Å²) in [6.45, 7) is 2.93. The van der Waals surface area contributed by atoms with E-state index in [0.29, 0.717) is 36.8 Å². The molecular formula is C21H23N3O4S. The number of hydrogen-bond donors (Lipinski definition) is 1. The Hall–Kier alpha value is -2.84. The lowest BCUT2D eigenvalue weighted by Crippen LogP contribution is -2.64. The van der Waals surface area contributed by atoms with Crippen LogP contribution in [0.3, 0.4) is 0 Å². The van der Waals surface area contributed by atoms with Gasteiger partial charge in [-0.15, -0.1) is 11.3 Å². The van der Waals surface area contributed by atoms with E-state index in [2.05, 4.69) is 5.32 Å². The number of fused-ring (bicyclic) bond motifs is 3. The fraction of sp³-hybridized carbons (Fsp3) is 0.333. The second-order valence-corrected chi connectivity index (χ2v) is 8.06. The van der Waals surface area contributed by atoms with Gasteiger partial charge in [0.05, 0.1) is 20.3 Å². The molecule has 4 rings (SSSR count). The molecule has 1 N–H and O–H groups in total. The zero-order valence-electron chi connectivity index (χ0n) is 16.6. The first-order valence-electron chi connectivity index (χ1n) is 9.32. The molecule has 1 atom stereocenters. The molecule has 152 valence electrons. The predicted octanol–water partition coefficient (Wildman–Crippen LogP) is 2.89. The summed E-state index contributed by atoms with van der Waals surface area (Å²) in [7, 11) is 3.16. The van der Waals surface area contributed by atoms with Crippen molar-refractivity contribution in [1.29, 1.82) is 0 Å². The summed E-state index contributed by atoms with van der Waals surface area (Å²) in [5, 5.41) is 5.91. The molecule has 0 fully saturated rings. The van der Waals surface area contributed by atoms with Crippen LogP contribution in [0.25, 0.3) is 10.2 Å². The van der Waals surface area contributed by atoms with E-state index in [4.69, 9.17) is 9.47 Å². The monoisotopic (exact) mass is 413 g/mol. The van der Waals surface area contributed by atoms with Crippen LogP contribution in [-0.2, 0) is 16.1 Å². The smallest absolute Gasteiger partial charge is 0.275 e. The van der Waals surface area contributed by atoms with Gasteiger partial charge in [0.15, 0.2) is 0 Å². The molecular weight excluding hydrogens is 390 g/mol. The maximum atomic E-state index is 13.6. The van der Waals surface area contributed by atoms with Crippen molar-refractivity contribution in [3.8, 4) is 5.75 Å². The van der Waals surface area contributed by atoms with Crippen LogP contribution in [0, 0.1) is 0 Å². The van der Waals surface area contributed by atoms with E-state index >= 15 is 0 Å². The van der Waals surface area contributed by atoms with Gasteiger partial charge in [0, 0.05) is 30.8 Å². The topological polar surface area (TPSA) is 72.8 Å². The van der Waals surface area contributed by atoms with E-state index in [0.717, 1.165) is 10.2 Å². The SMILES string of the molecule is COCCNC(=O)C1(C)Cn2c(cc3ccsc32)C(=O)N1c1cccc(OC)c1. The molecule has 2 aromatic heterocycles. The molecule has 29 heavy (non-hydrogen) atoms. The van der Waals surface area contributed by atoms with Gasteiger partial charge in [0.1, 0.15) is 21.8 Å². The van der Waals surface area contributed by atoms with Gasteiger partial charge >= 0.3 is 0 Å². The maximum absolute atomic E-state index is 13.6. The molecule has 0 spiro atoms. The number of nitrogens with one attached hydrogen (secondary N) is 1. The van der Waals surface area contributed by atoms with Crippen molar-refractivity contribution in [2.75, 3.05) is 32.3 Å². The lowest BCUT2D eigenvalue weighted by molar-refractivity contribution is -0.126. The molecule has 0 saturated carbocycles. The number of amides is 2. The Morgan fingerprint density at radius 2 is 2.10 bits per heavy atom. The molecule has 0 bridgehead atoms. The van der Waals surface area contributed by atoms with Gasteiger partial charge in [-0.25, -0.2) is 0 Å². The molecule has 3 heterocycles.